The zero-order valence-electron chi connectivity index (χ0n) is 15.6. The van der Waals surface area contributed by atoms with E-state index in [0.29, 0.717) is 24.0 Å². The molecular weight excluding hydrogens is 504 g/mol. The van der Waals surface area contributed by atoms with E-state index >= 15 is 0 Å². The van der Waals surface area contributed by atoms with Gasteiger partial charge in [-0.2, -0.15) is 0 Å². The fraction of sp³-hybridized carbons (Fsp3) is 0.238. The van der Waals surface area contributed by atoms with Gasteiger partial charge in [-0.05, 0) is 86.8 Å². The Morgan fingerprint density at radius 1 is 1.18 bits per heavy atom. The fourth-order valence-corrected chi connectivity index (χ4v) is 4.54. The molecule has 0 saturated carbocycles. The van der Waals surface area contributed by atoms with Crippen molar-refractivity contribution in [2.45, 2.75) is 26.9 Å². The predicted octanol–water partition coefficient (Wildman–Crippen LogP) is 5.57. The van der Waals surface area contributed by atoms with Crippen LogP contribution in [0.15, 0.2) is 51.0 Å². The van der Waals surface area contributed by atoms with Gasteiger partial charge in [0.15, 0.2) is 5.11 Å². The fourth-order valence-electron chi connectivity index (χ4n) is 2.81. The minimum absolute atomic E-state index is 0.0983. The Balaban J connectivity index is 1.77. The second-order valence-electron chi connectivity index (χ2n) is 6.53. The molecule has 4 nitrogen and oxygen atoms in total. The van der Waals surface area contributed by atoms with Crippen LogP contribution in [0, 0.1) is 6.92 Å². The SMILES string of the molecule is CCCN1C(=O)/C(=C/c2cc(Br)c(OCc3ccc(C)cc3)c(Br)c2)NC1=S. The van der Waals surface area contributed by atoms with Crippen molar-refractivity contribution >= 4 is 61.2 Å². The van der Waals surface area contributed by atoms with E-state index in [2.05, 4.69) is 68.4 Å². The Hall–Kier alpha value is -1.70. The van der Waals surface area contributed by atoms with Crippen LogP contribution < -0.4 is 10.1 Å². The lowest BCUT2D eigenvalue weighted by atomic mass is 10.1. The average molecular weight is 524 g/mol. The number of halogens is 2. The first kappa shape index (κ1) is 21.0. The van der Waals surface area contributed by atoms with Crippen LogP contribution in [0.4, 0.5) is 0 Å². The number of aryl methyl sites for hydroxylation is 1. The van der Waals surface area contributed by atoms with Crippen LogP contribution in [0.5, 0.6) is 5.75 Å². The van der Waals surface area contributed by atoms with E-state index in [0.717, 1.165) is 32.2 Å². The summed E-state index contributed by atoms with van der Waals surface area (Å²) < 4.78 is 7.59. The Bertz CT molecular complexity index is 919. The number of carbonyl (C=O) groups is 1. The normalized spacial score (nSPS) is 15.3. The maximum atomic E-state index is 12.5. The number of ether oxygens (including phenoxy) is 1. The molecule has 1 fully saturated rings. The molecular formula is C21H20Br2N2O2S. The summed E-state index contributed by atoms with van der Waals surface area (Å²) in [4.78, 5) is 14.1. The van der Waals surface area contributed by atoms with Gasteiger partial charge in [0.05, 0.1) is 8.95 Å². The number of hydrogen-bond acceptors (Lipinski definition) is 3. The molecule has 1 N–H and O–H groups in total. The van der Waals surface area contributed by atoms with Gasteiger partial charge in [0.1, 0.15) is 18.1 Å². The molecule has 0 aliphatic carbocycles. The summed E-state index contributed by atoms with van der Waals surface area (Å²) in [6.45, 7) is 5.16. The first-order chi connectivity index (χ1) is 13.4. The van der Waals surface area contributed by atoms with Gasteiger partial charge >= 0.3 is 0 Å². The molecule has 1 heterocycles. The number of nitrogens with zero attached hydrogens (tertiary/aromatic N) is 1. The van der Waals surface area contributed by atoms with E-state index in [9.17, 15) is 4.79 Å². The third-order valence-electron chi connectivity index (χ3n) is 4.24. The Morgan fingerprint density at radius 2 is 1.82 bits per heavy atom. The van der Waals surface area contributed by atoms with Gasteiger partial charge in [-0.3, -0.25) is 9.69 Å². The second-order valence-corrected chi connectivity index (χ2v) is 8.63. The number of thiocarbonyl (C=S) groups is 1. The Kier molecular flexibility index (Phi) is 6.91. The summed E-state index contributed by atoms with van der Waals surface area (Å²) in [6.07, 6.45) is 2.65. The van der Waals surface area contributed by atoms with Crippen molar-refractivity contribution in [2.75, 3.05) is 6.54 Å². The molecule has 7 heteroatoms. The molecule has 1 aliphatic heterocycles. The molecule has 28 heavy (non-hydrogen) atoms. The zero-order chi connectivity index (χ0) is 20.3. The highest BCUT2D eigenvalue weighted by molar-refractivity contribution is 9.11. The van der Waals surface area contributed by atoms with Crippen LogP contribution >= 0.6 is 44.1 Å². The van der Waals surface area contributed by atoms with E-state index < -0.39 is 0 Å². The molecule has 0 spiro atoms. The van der Waals surface area contributed by atoms with Gasteiger partial charge in [0.2, 0.25) is 0 Å². The lowest BCUT2D eigenvalue weighted by molar-refractivity contribution is -0.122. The smallest absolute Gasteiger partial charge is 0.276 e. The lowest BCUT2D eigenvalue weighted by Crippen LogP contribution is -2.31. The summed E-state index contributed by atoms with van der Waals surface area (Å²) >= 11 is 12.4. The molecule has 3 rings (SSSR count). The number of hydrogen-bond donors (Lipinski definition) is 1. The molecule has 0 aromatic heterocycles. The largest absolute Gasteiger partial charge is 0.487 e. The second kappa shape index (κ2) is 9.20. The van der Waals surface area contributed by atoms with Crippen LogP contribution in [0.25, 0.3) is 6.08 Å². The van der Waals surface area contributed by atoms with Crippen molar-refractivity contribution in [2.24, 2.45) is 0 Å². The quantitative estimate of drug-likeness (QED) is 0.397. The summed E-state index contributed by atoms with van der Waals surface area (Å²) in [5, 5.41) is 3.45. The van der Waals surface area contributed by atoms with Crippen LogP contribution in [-0.4, -0.2) is 22.5 Å². The third kappa shape index (κ3) is 4.82. The maximum Gasteiger partial charge on any atom is 0.276 e. The number of benzene rings is 2. The molecule has 1 saturated heterocycles. The molecule has 1 amide bonds. The highest BCUT2D eigenvalue weighted by atomic mass is 79.9. The molecule has 0 unspecified atom stereocenters. The summed E-state index contributed by atoms with van der Waals surface area (Å²) in [6, 6.07) is 12.1. The van der Waals surface area contributed by atoms with E-state index in [1.54, 1.807) is 11.0 Å². The molecule has 0 atom stereocenters. The maximum absolute atomic E-state index is 12.5. The number of nitrogens with one attached hydrogen (secondary N) is 1. The number of rotatable bonds is 6. The van der Waals surface area contributed by atoms with E-state index in [-0.39, 0.29) is 5.91 Å². The minimum Gasteiger partial charge on any atom is -0.487 e. The zero-order valence-corrected chi connectivity index (χ0v) is 19.6. The van der Waals surface area contributed by atoms with Crippen molar-refractivity contribution in [1.29, 1.82) is 0 Å². The van der Waals surface area contributed by atoms with Crippen LogP contribution in [0.2, 0.25) is 0 Å². The summed E-state index contributed by atoms with van der Waals surface area (Å²) in [5.74, 6) is 0.621. The van der Waals surface area contributed by atoms with E-state index in [1.165, 1.54) is 5.56 Å². The Labute approximate surface area is 187 Å². The van der Waals surface area contributed by atoms with Gasteiger partial charge in [0.25, 0.3) is 5.91 Å². The minimum atomic E-state index is -0.0983. The van der Waals surface area contributed by atoms with Crippen molar-refractivity contribution in [1.82, 2.24) is 10.2 Å². The third-order valence-corrected chi connectivity index (χ3v) is 5.75. The van der Waals surface area contributed by atoms with Gasteiger partial charge < -0.3 is 10.1 Å². The van der Waals surface area contributed by atoms with Gasteiger partial charge in [-0.25, -0.2) is 0 Å². The predicted molar refractivity (Wildman–Crippen MR) is 123 cm³/mol. The highest BCUT2D eigenvalue weighted by Gasteiger charge is 2.29. The van der Waals surface area contributed by atoms with Crippen molar-refractivity contribution in [3.8, 4) is 5.75 Å². The summed E-state index contributed by atoms with van der Waals surface area (Å²) in [5.41, 5.74) is 3.65. The van der Waals surface area contributed by atoms with Crippen LogP contribution in [-0.2, 0) is 11.4 Å². The molecule has 2 aromatic rings. The standard InChI is InChI=1S/C21H20Br2N2O2S/c1-3-8-25-20(26)18(24-21(25)28)11-15-9-16(22)19(17(23)10-15)27-12-14-6-4-13(2)5-7-14/h4-7,9-11H,3,8,12H2,1-2H3,(H,24,28)/b18-11-. The molecule has 146 valence electrons. The number of carbonyl (C=O) groups excluding carboxylic acids is 1. The van der Waals surface area contributed by atoms with Crippen molar-refractivity contribution in [3.63, 3.8) is 0 Å². The first-order valence-electron chi connectivity index (χ1n) is 8.91. The van der Waals surface area contributed by atoms with Gasteiger partial charge in [-0.15, -0.1) is 0 Å². The van der Waals surface area contributed by atoms with Crippen LogP contribution in [0.3, 0.4) is 0 Å². The molecule has 1 aliphatic rings. The summed E-state index contributed by atoms with van der Waals surface area (Å²) in [7, 11) is 0. The van der Waals surface area contributed by atoms with Crippen molar-refractivity contribution in [3.05, 3.63) is 67.7 Å². The molecule has 2 aromatic carbocycles. The van der Waals surface area contributed by atoms with E-state index in [1.807, 2.05) is 19.1 Å². The monoisotopic (exact) mass is 522 g/mol. The van der Waals surface area contributed by atoms with Crippen LogP contribution in [0.1, 0.15) is 30.0 Å². The average Bonchev–Trinajstić information content (AvgIpc) is 2.90. The van der Waals surface area contributed by atoms with Gasteiger partial charge in [-0.1, -0.05) is 36.8 Å². The molecule has 0 bridgehead atoms. The van der Waals surface area contributed by atoms with Gasteiger partial charge in [0, 0.05) is 6.54 Å². The topological polar surface area (TPSA) is 41.6 Å². The van der Waals surface area contributed by atoms with Crippen molar-refractivity contribution < 1.29 is 9.53 Å². The number of amides is 1. The lowest BCUT2D eigenvalue weighted by Gasteiger charge is -2.12. The highest BCUT2D eigenvalue weighted by Crippen LogP contribution is 2.36. The van der Waals surface area contributed by atoms with E-state index in [4.69, 9.17) is 17.0 Å². The molecule has 0 radical (unpaired) electrons. The Morgan fingerprint density at radius 3 is 2.43 bits per heavy atom. The first-order valence-corrected chi connectivity index (χ1v) is 10.9.